The molecule has 0 bridgehead atoms. The molecule has 1 aromatic rings. The number of hydrogen-bond acceptors (Lipinski definition) is 3. The Morgan fingerprint density at radius 3 is 2.94 bits per heavy atom. The van der Waals surface area contributed by atoms with Crippen molar-refractivity contribution < 1.29 is 4.79 Å². The number of piperazine rings is 1. The summed E-state index contributed by atoms with van der Waals surface area (Å²) < 4.78 is 0. The predicted molar refractivity (Wildman–Crippen MR) is 73.8 cm³/mol. The third kappa shape index (κ3) is 3.01. The zero-order chi connectivity index (χ0) is 13.0. The third-order valence-electron chi connectivity index (χ3n) is 3.30. The average Bonchev–Trinajstić information content (AvgIpc) is 2.37. The van der Waals surface area contributed by atoms with E-state index in [-0.39, 0.29) is 5.91 Å². The molecule has 2 N–H and O–H groups in total. The summed E-state index contributed by atoms with van der Waals surface area (Å²) in [5, 5.41) is 6.18. The van der Waals surface area contributed by atoms with Crippen molar-refractivity contribution in [1.29, 1.82) is 0 Å². The largest absolute Gasteiger partial charge is 0.360 e. The number of anilines is 1. The first-order valence-electron chi connectivity index (χ1n) is 6.52. The van der Waals surface area contributed by atoms with Gasteiger partial charge in [0.1, 0.15) is 0 Å². The molecular formula is C14H21N3O. The van der Waals surface area contributed by atoms with Crippen LogP contribution in [0, 0.1) is 6.92 Å². The number of nitrogens with zero attached hydrogens (tertiary/aromatic N) is 1. The van der Waals surface area contributed by atoms with E-state index >= 15 is 0 Å². The molecule has 0 atom stereocenters. The summed E-state index contributed by atoms with van der Waals surface area (Å²) in [5.41, 5.74) is 3.74. The Balaban J connectivity index is 2.10. The summed E-state index contributed by atoms with van der Waals surface area (Å²) in [4.78, 5) is 13.5. The van der Waals surface area contributed by atoms with Gasteiger partial charge in [0, 0.05) is 25.3 Å². The Hall–Kier alpha value is -1.55. The second-order valence-corrected chi connectivity index (χ2v) is 4.66. The molecule has 1 aliphatic rings. The molecule has 1 aromatic carbocycles. The van der Waals surface area contributed by atoms with Gasteiger partial charge in [0.2, 0.25) is 5.91 Å². The van der Waals surface area contributed by atoms with Crippen LogP contribution in [0.1, 0.15) is 18.1 Å². The van der Waals surface area contributed by atoms with Crippen molar-refractivity contribution in [2.75, 3.05) is 31.1 Å². The maximum Gasteiger partial charge on any atom is 0.239 e. The van der Waals surface area contributed by atoms with Gasteiger partial charge in [0.15, 0.2) is 0 Å². The lowest BCUT2D eigenvalue weighted by molar-refractivity contribution is -0.120. The van der Waals surface area contributed by atoms with Crippen LogP contribution < -0.4 is 15.5 Å². The van der Waals surface area contributed by atoms with Gasteiger partial charge in [0.25, 0.3) is 0 Å². The predicted octanol–water partition coefficient (Wildman–Crippen LogP) is 1.04. The molecule has 1 amide bonds. The smallest absolute Gasteiger partial charge is 0.239 e. The van der Waals surface area contributed by atoms with Gasteiger partial charge in [-0.2, -0.15) is 0 Å². The average molecular weight is 247 g/mol. The minimum absolute atomic E-state index is 0.107. The quantitative estimate of drug-likeness (QED) is 0.835. The number of carbonyl (C=O) groups is 1. The molecule has 0 aliphatic carbocycles. The van der Waals surface area contributed by atoms with Crippen LogP contribution >= 0.6 is 0 Å². The van der Waals surface area contributed by atoms with E-state index in [1.54, 1.807) is 0 Å². The van der Waals surface area contributed by atoms with Crippen LogP contribution in [0.2, 0.25) is 0 Å². The van der Waals surface area contributed by atoms with Crippen molar-refractivity contribution in [3.63, 3.8) is 0 Å². The summed E-state index contributed by atoms with van der Waals surface area (Å²) >= 11 is 0. The first kappa shape index (κ1) is 12.9. The van der Waals surface area contributed by atoms with E-state index in [0.29, 0.717) is 6.54 Å². The van der Waals surface area contributed by atoms with Crippen LogP contribution in [0.3, 0.4) is 0 Å². The molecule has 0 saturated carbocycles. The number of carbonyl (C=O) groups excluding carboxylic acids is 1. The first-order valence-corrected chi connectivity index (χ1v) is 6.52. The monoisotopic (exact) mass is 247 g/mol. The first-order chi connectivity index (χ1) is 8.70. The van der Waals surface area contributed by atoms with E-state index in [2.05, 4.69) is 47.6 Å². The number of amides is 1. The zero-order valence-corrected chi connectivity index (χ0v) is 11.1. The summed E-state index contributed by atoms with van der Waals surface area (Å²) in [6, 6.07) is 6.43. The fourth-order valence-electron chi connectivity index (χ4n) is 2.19. The SMILES string of the molecule is CCNCc1ccc(N2CCNC(=O)C2)cc1C. The van der Waals surface area contributed by atoms with Crippen LogP contribution in [-0.4, -0.2) is 32.1 Å². The van der Waals surface area contributed by atoms with E-state index in [9.17, 15) is 4.79 Å². The number of benzene rings is 1. The summed E-state index contributed by atoms with van der Waals surface area (Å²) in [5.74, 6) is 0.107. The van der Waals surface area contributed by atoms with E-state index in [0.717, 1.165) is 31.9 Å². The van der Waals surface area contributed by atoms with Crippen LogP contribution in [0.5, 0.6) is 0 Å². The number of nitrogens with one attached hydrogen (secondary N) is 2. The number of hydrogen-bond donors (Lipinski definition) is 2. The molecule has 4 nitrogen and oxygen atoms in total. The normalized spacial score (nSPS) is 15.7. The van der Waals surface area contributed by atoms with Crippen molar-refractivity contribution in [3.05, 3.63) is 29.3 Å². The molecule has 18 heavy (non-hydrogen) atoms. The molecule has 4 heteroatoms. The lowest BCUT2D eigenvalue weighted by Gasteiger charge is -2.29. The highest BCUT2D eigenvalue weighted by molar-refractivity contribution is 5.82. The standard InChI is InChI=1S/C14H21N3O/c1-3-15-9-12-4-5-13(8-11(12)2)17-7-6-16-14(18)10-17/h4-5,8,15H,3,6-7,9-10H2,1-2H3,(H,16,18). The molecule has 2 rings (SSSR count). The van der Waals surface area contributed by atoms with E-state index in [1.165, 1.54) is 11.1 Å². The summed E-state index contributed by atoms with van der Waals surface area (Å²) in [7, 11) is 0. The van der Waals surface area contributed by atoms with Crippen LogP contribution in [0.15, 0.2) is 18.2 Å². The molecule has 0 radical (unpaired) electrons. The van der Waals surface area contributed by atoms with E-state index in [4.69, 9.17) is 0 Å². The van der Waals surface area contributed by atoms with Crippen molar-refractivity contribution in [2.45, 2.75) is 20.4 Å². The summed E-state index contributed by atoms with van der Waals surface area (Å²) in [6.07, 6.45) is 0. The van der Waals surface area contributed by atoms with Gasteiger partial charge in [-0.25, -0.2) is 0 Å². The Morgan fingerprint density at radius 2 is 2.28 bits per heavy atom. The van der Waals surface area contributed by atoms with Gasteiger partial charge in [-0.1, -0.05) is 13.0 Å². The maximum absolute atomic E-state index is 11.4. The molecule has 0 spiro atoms. The molecule has 1 saturated heterocycles. The fraction of sp³-hybridized carbons (Fsp3) is 0.500. The molecule has 1 fully saturated rings. The fourth-order valence-corrected chi connectivity index (χ4v) is 2.19. The highest BCUT2D eigenvalue weighted by Gasteiger charge is 2.16. The van der Waals surface area contributed by atoms with Gasteiger partial charge in [-0.05, 0) is 36.7 Å². The number of aryl methyl sites for hydroxylation is 1. The van der Waals surface area contributed by atoms with Crippen molar-refractivity contribution in [1.82, 2.24) is 10.6 Å². The molecule has 98 valence electrons. The molecule has 0 aromatic heterocycles. The second-order valence-electron chi connectivity index (χ2n) is 4.66. The van der Waals surface area contributed by atoms with Gasteiger partial charge in [0.05, 0.1) is 6.54 Å². The molecule has 0 unspecified atom stereocenters. The van der Waals surface area contributed by atoms with Crippen LogP contribution in [-0.2, 0) is 11.3 Å². The molecular weight excluding hydrogens is 226 g/mol. The molecule has 1 aliphatic heterocycles. The second kappa shape index (κ2) is 5.87. The Bertz CT molecular complexity index is 431. The van der Waals surface area contributed by atoms with Crippen molar-refractivity contribution in [2.24, 2.45) is 0 Å². The minimum Gasteiger partial charge on any atom is -0.360 e. The lowest BCUT2D eigenvalue weighted by atomic mass is 10.1. The minimum atomic E-state index is 0.107. The van der Waals surface area contributed by atoms with Crippen LogP contribution in [0.25, 0.3) is 0 Å². The topological polar surface area (TPSA) is 44.4 Å². The maximum atomic E-state index is 11.4. The number of rotatable bonds is 4. The Morgan fingerprint density at radius 1 is 1.44 bits per heavy atom. The lowest BCUT2D eigenvalue weighted by Crippen LogP contribution is -2.47. The molecule has 1 heterocycles. The van der Waals surface area contributed by atoms with E-state index < -0.39 is 0 Å². The van der Waals surface area contributed by atoms with Crippen molar-refractivity contribution >= 4 is 11.6 Å². The summed E-state index contributed by atoms with van der Waals surface area (Å²) in [6.45, 7) is 8.20. The van der Waals surface area contributed by atoms with Gasteiger partial charge < -0.3 is 15.5 Å². The highest BCUT2D eigenvalue weighted by atomic mass is 16.2. The Kier molecular flexibility index (Phi) is 4.20. The van der Waals surface area contributed by atoms with Crippen molar-refractivity contribution in [3.8, 4) is 0 Å². The van der Waals surface area contributed by atoms with Gasteiger partial charge in [-0.3, -0.25) is 4.79 Å². The Labute approximate surface area is 108 Å². The van der Waals surface area contributed by atoms with Gasteiger partial charge >= 0.3 is 0 Å². The highest BCUT2D eigenvalue weighted by Crippen LogP contribution is 2.19. The zero-order valence-electron chi connectivity index (χ0n) is 11.1. The van der Waals surface area contributed by atoms with Crippen LogP contribution in [0.4, 0.5) is 5.69 Å². The third-order valence-corrected chi connectivity index (χ3v) is 3.30. The van der Waals surface area contributed by atoms with Gasteiger partial charge in [-0.15, -0.1) is 0 Å². The van der Waals surface area contributed by atoms with E-state index in [1.807, 2.05) is 0 Å².